The van der Waals surface area contributed by atoms with Crippen LogP contribution in [0.1, 0.15) is 35.8 Å². The normalized spacial score (nSPS) is 22.7. The summed E-state index contributed by atoms with van der Waals surface area (Å²) in [6.45, 7) is 2.51. The van der Waals surface area contributed by atoms with Crippen molar-refractivity contribution in [1.82, 2.24) is 24.5 Å². The van der Waals surface area contributed by atoms with Gasteiger partial charge in [-0.05, 0) is 36.8 Å². The van der Waals surface area contributed by atoms with Crippen LogP contribution in [-0.2, 0) is 11.8 Å². The zero-order valence-corrected chi connectivity index (χ0v) is 19.0. The molecule has 0 spiro atoms. The first-order valence-electron chi connectivity index (χ1n) is 11.1. The van der Waals surface area contributed by atoms with Crippen molar-refractivity contribution in [2.75, 3.05) is 6.61 Å². The third-order valence-corrected chi connectivity index (χ3v) is 6.81. The third-order valence-electron chi connectivity index (χ3n) is 6.81. The first-order chi connectivity index (χ1) is 16.7. The van der Waals surface area contributed by atoms with Gasteiger partial charge in [0.25, 0.3) is 5.91 Å². The number of fused-ring (bicyclic) bond motifs is 2. The Morgan fingerprint density at radius 1 is 1.20 bits per heavy atom. The highest BCUT2D eigenvalue weighted by Gasteiger charge is 2.60. The van der Waals surface area contributed by atoms with Crippen molar-refractivity contribution in [3.63, 3.8) is 0 Å². The van der Waals surface area contributed by atoms with Crippen LogP contribution in [0.2, 0.25) is 0 Å². The molecule has 0 radical (unpaired) electrons. The average molecular weight is 474 g/mol. The molecule has 10 heteroatoms. The topological polar surface area (TPSA) is 97.2 Å². The maximum absolute atomic E-state index is 14.5. The van der Waals surface area contributed by atoms with Crippen LogP contribution >= 0.6 is 0 Å². The summed E-state index contributed by atoms with van der Waals surface area (Å²) in [4.78, 5) is 17.5. The Labute approximate surface area is 198 Å². The summed E-state index contributed by atoms with van der Waals surface area (Å²) >= 11 is 0. The summed E-state index contributed by atoms with van der Waals surface area (Å²) in [6, 6.07) is 9.15. The van der Waals surface area contributed by atoms with Gasteiger partial charge in [0.05, 0.1) is 23.3 Å². The number of halogens is 2. The van der Waals surface area contributed by atoms with Crippen LogP contribution in [0, 0.1) is 23.1 Å². The molecule has 2 saturated heterocycles. The van der Waals surface area contributed by atoms with Crippen LogP contribution < -0.4 is 5.32 Å². The number of nitrogens with zero attached hydrogens (tertiary/aromatic N) is 5. The molecule has 2 aliphatic heterocycles. The molecule has 35 heavy (non-hydrogen) atoms. The number of rotatable bonds is 4. The lowest BCUT2D eigenvalue weighted by Crippen LogP contribution is -2.58. The van der Waals surface area contributed by atoms with E-state index in [4.69, 9.17) is 4.74 Å². The number of hydrogen-bond acceptors (Lipinski definition) is 5. The number of nitriles is 1. The Morgan fingerprint density at radius 3 is 2.66 bits per heavy atom. The van der Waals surface area contributed by atoms with Gasteiger partial charge in [0, 0.05) is 43.4 Å². The third kappa shape index (κ3) is 3.31. The average Bonchev–Trinajstić information content (AvgIpc) is 3.52. The number of carbonyl (C=O) groups excluding carboxylic acids is 1. The molecular weight excluding hydrogens is 454 g/mol. The van der Waals surface area contributed by atoms with Gasteiger partial charge in [-0.3, -0.25) is 13.9 Å². The quantitative estimate of drug-likeness (QED) is 0.488. The molecule has 0 atom stereocenters. The van der Waals surface area contributed by atoms with Crippen LogP contribution in [0.4, 0.5) is 8.78 Å². The smallest absolute Gasteiger partial charge is 0.251 e. The molecule has 1 amide bonds. The fourth-order valence-electron chi connectivity index (χ4n) is 5.40. The highest BCUT2D eigenvalue weighted by Crippen LogP contribution is 2.51. The number of aryl methyl sites for hydroxylation is 1. The van der Waals surface area contributed by atoms with Gasteiger partial charge in [0.15, 0.2) is 5.69 Å². The summed E-state index contributed by atoms with van der Waals surface area (Å²) in [5, 5.41) is 16.7. The maximum Gasteiger partial charge on any atom is 0.251 e. The standard InChI is InChI=1S/C25H20F2N6O2/c1-24-11-25(12-24,13-35-24)30-23(34)14-5-6-33-19(9-28)21(29-20(33)7-14)17-8-15(26)3-4-16(17)18-10-32(2)31-22(18)27/h3-8,10H,11-13H2,1-2H3,(H,30,34). The van der Waals surface area contributed by atoms with Crippen LogP contribution in [0.3, 0.4) is 0 Å². The summed E-state index contributed by atoms with van der Waals surface area (Å²) < 4.78 is 37.3. The van der Waals surface area contributed by atoms with Gasteiger partial charge >= 0.3 is 0 Å². The van der Waals surface area contributed by atoms with E-state index in [-0.39, 0.29) is 39.6 Å². The highest BCUT2D eigenvalue weighted by molar-refractivity contribution is 5.96. The molecule has 4 aromatic rings. The predicted molar refractivity (Wildman–Crippen MR) is 121 cm³/mol. The van der Waals surface area contributed by atoms with Gasteiger partial charge in [-0.1, -0.05) is 6.07 Å². The number of benzene rings is 1. The highest BCUT2D eigenvalue weighted by atomic mass is 19.1. The molecule has 176 valence electrons. The number of pyridine rings is 1. The number of aromatic nitrogens is 4. The van der Waals surface area contributed by atoms with Gasteiger partial charge in [-0.2, -0.15) is 9.65 Å². The van der Waals surface area contributed by atoms with E-state index < -0.39 is 11.8 Å². The molecule has 1 saturated carbocycles. The molecule has 2 bridgehead atoms. The minimum absolute atomic E-state index is 0.139. The molecule has 3 fully saturated rings. The molecule has 3 aliphatic rings. The number of ether oxygens (including phenoxy) is 1. The number of amides is 1. The van der Waals surface area contributed by atoms with Gasteiger partial charge in [-0.25, -0.2) is 9.37 Å². The zero-order chi connectivity index (χ0) is 24.5. The number of carbonyl (C=O) groups is 1. The van der Waals surface area contributed by atoms with Crippen LogP contribution in [0.25, 0.3) is 28.0 Å². The van der Waals surface area contributed by atoms with Crippen molar-refractivity contribution in [2.24, 2.45) is 7.05 Å². The molecule has 1 aliphatic carbocycles. The Kier molecular flexibility index (Phi) is 4.41. The van der Waals surface area contributed by atoms with Crippen molar-refractivity contribution < 1.29 is 18.3 Å². The first-order valence-corrected chi connectivity index (χ1v) is 11.1. The lowest BCUT2D eigenvalue weighted by Gasteiger charge is -2.42. The molecule has 3 aromatic heterocycles. The van der Waals surface area contributed by atoms with E-state index in [1.807, 2.05) is 6.92 Å². The largest absolute Gasteiger partial charge is 0.373 e. The molecule has 1 N–H and O–H groups in total. The van der Waals surface area contributed by atoms with E-state index in [0.29, 0.717) is 23.4 Å². The van der Waals surface area contributed by atoms with E-state index in [0.717, 1.165) is 12.8 Å². The SMILES string of the molecule is Cn1cc(-c2ccc(F)cc2-c2nc3cc(C(=O)NC45COC(C)(C4)C5)ccn3c2C#N)c(F)n1. The molecule has 5 heterocycles. The van der Waals surface area contributed by atoms with Gasteiger partial charge < -0.3 is 10.1 Å². The van der Waals surface area contributed by atoms with Gasteiger partial charge in [0.1, 0.15) is 23.2 Å². The molecule has 1 aromatic carbocycles. The van der Waals surface area contributed by atoms with Crippen molar-refractivity contribution in [1.29, 1.82) is 5.26 Å². The minimum Gasteiger partial charge on any atom is -0.373 e. The van der Waals surface area contributed by atoms with Gasteiger partial charge in [0.2, 0.25) is 5.95 Å². The van der Waals surface area contributed by atoms with E-state index in [1.54, 1.807) is 25.4 Å². The molecule has 7 rings (SSSR count). The Balaban J connectivity index is 1.42. The predicted octanol–water partition coefficient (Wildman–Crippen LogP) is 3.60. The van der Waals surface area contributed by atoms with Gasteiger partial charge in [-0.15, -0.1) is 5.10 Å². The lowest BCUT2D eigenvalue weighted by atomic mass is 9.69. The number of nitrogens with one attached hydrogen (secondary N) is 1. The Morgan fingerprint density at radius 2 is 2.00 bits per heavy atom. The second-order valence-electron chi connectivity index (χ2n) is 9.59. The Bertz CT molecular complexity index is 1570. The van der Waals surface area contributed by atoms with Crippen LogP contribution in [-0.4, -0.2) is 42.8 Å². The Hall–Kier alpha value is -4.10. The molecular formula is C25H20F2N6O2. The van der Waals surface area contributed by atoms with Crippen molar-refractivity contribution in [3.05, 3.63) is 65.7 Å². The molecule has 0 unspecified atom stereocenters. The van der Waals surface area contributed by atoms with E-state index >= 15 is 0 Å². The van der Waals surface area contributed by atoms with Crippen molar-refractivity contribution in [3.8, 4) is 28.5 Å². The van der Waals surface area contributed by atoms with Crippen LogP contribution in [0.5, 0.6) is 0 Å². The zero-order valence-electron chi connectivity index (χ0n) is 19.0. The second-order valence-corrected chi connectivity index (χ2v) is 9.59. The summed E-state index contributed by atoms with van der Waals surface area (Å²) in [6.07, 6.45) is 4.60. The second kappa shape index (κ2) is 7.20. The number of hydrogen-bond donors (Lipinski definition) is 1. The fraction of sp³-hybridized carbons (Fsp3) is 0.280. The summed E-state index contributed by atoms with van der Waals surface area (Å²) in [5.41, 5.74) is 1.29. The van der Waals surface area contributed by atoms with E-state index in [9.17, 15) is 18.8 Å². The summed E-state index contributed by atoms with van der Waals surface area (Å²) in [7, 11) is 1.58. The number of imidazole rings is 1. The first kappa shape index (κ1) is 21.4. The fourth-order valence-corrected chi connectivity index (χ4v) is 5.40. The summed E-state index contributed by atoms with van der Waals surface area (Å²) in [5.74, 6) is -1.53. The minimum atomic E-state index is -0.719. The molecule has 8 nitrogen and oxygen atoms in total. The van der Waals surface area contributed by atoms with E-state index in [2.05, 4.69) is 21.5 Å². The monoisotopic (exact) mass is 474 g/mol. The van der Waals surface area contributed by atoms with Crippen LogP contribution in [0.15, 0.2) is 42.7 Å². The van der Waals surface area contributed by atoms with Crippen molar-refractivity contribution in [2.45, 2.75) is 30.9 Å². The van der Waals surface area contributed by atoms with E-state index in [1.165, 1.54) is 33.5 Å². The van der Waals surface area contributed by atoms with Crippen molar-refractivity contribution >= 4 is 11.6 Å². The lowest BCUT2D eigenvalue weighted by molar-refractivity contribution is 0.0127. The maximum atomic E-state index is 14.5.